The van der Waals surface area contributed by atoms with Crippen LogP contribution in [0.1, 0.15) is 55.2 Å². The van der Waals surface area contributed by atoms with Crippen molar-refractivity contribution in [1.29, 1.82) is 0 Å². The van der Waals surface area contributed by atoms with Crippen LogP contribution in [-0.2, 0) is 17.1 Å². The van der Waals surface area contributed by atoms with Gasteiger partial charge in [0.15, 0.2) is 6.61 Å². The van der Waals surface area contributed by atoms with E-state index in [-0.39, 0.29) is 35.4 Å². The predicted octanol–water partition coefficient (Wildman–Crippen LogP) is 4.33. The maximum atomic E-state index is 12.9. The second kappa shape index (κ2) is 8.67. The summed E-state index contributed by atoms with van der Waals surface area (Å²) in [6, 6.07) is 1.54. The molecule has 1 amide bonds. The fourth-order valence-electron chi connectivity index (χ4n) is 3.14. The molecule has 0 atom stereocenters. The highest BCUT2D eigenvalue weighted by molar-refractivity contribution is 6.02. The molecule has 2 heterocycles. The first-order valence-electron chi connectivity index (χ1n) is 9.34. The molecule has 1 aromatic carbocycles. The minimum atomic E-state index is -5.13. The van der Waals surface area contributed by atoms with Crippen molar-refractivity contribution in [2.45, 2.75) is 25.2 Å². The van der Waals surface area contributed by atoms with Crippen LogP contribution in [-0.4, -0.2) is 47.2 Å². The SMILES string of the molecule is O=C(COC(=O)c1cc(C(F)(F)F)cc(C(F)(F)F)c1)c1c[nH]c(C(=O)N2CCCC2)c1. The van der Waals surface area contributed by atoms with Crippen LogP contribution < -0.4 is 0 Å². The summed E-state index contributed by atoms with van der Waals surface area (Å²) in [6.07, 6.45) is -7.34. The van der Waals surface area contributed by atoms with Crippen LogP contribution in [0.4, 0.5) is 26.3 Å². The summed E-state index contributed by atoms with van der Waals surface area (Å²) >= 11 is 0. The van der Waals surface area contributed by atoms with Crippen molar-refractivity contribution < 1.29 is 45.5 Å². The molecule has 2 aromatic rings. The molecular formula is C20H16F6N2O4. The molecule has 3 rings (SSSR count). The van der Waals surface area contributed by atoms with E-state index in [9.17, 15) is 40.7 Å². The Hall–Kier alpha value is -3.31. The van der Waals surface area contributed by atoms with Gasteiger partial charge in [0.05, 0.1) is 16.7 Å². The van der Waals surface area contributed by atoms with Gasteiger partial charge in [0, 0.05) is 24.8 Å². The van der Waals surface area contributed by atoms with Crippen molar-refractivity contribution in [3.63, 3.8) is 0 Å². The molecule has 12 heteroatoms. The number of hydrogen-bond acceptors (Lipinski definition) is 4. The third-order valence-electron chi connectivity index (χ3n) is 4.79. The van der Waals surface area contributed by atoms with Gasteiger partial charge in [0.1, 0.15) is 5.69 Å². The fourth-order valence-corrected chi connectivity index (χ4v) is 3.14. The summed E-state index contributed by atoms with van der Waals surface area (Å²) in [4.78, 5) is 40.7. The largest absolute Gasteiger partial charge is 0.454 e. The number of carbonyl (C=O) groups excluding carboxylic acids is 3. The number of aromatic amines is 1. The standard InChI is InChI=1S/C20H16F6N2O4/c21-19(22,23)13-5-11(6-14(8-13)20(24,25)26)18(31)32-10-16(29)12-7-15(27-9-12)17(30)28-3-1-2-4-28/h5-9,27H,1-4,10H2. The maximum Gasteiger partial charge on any atom is 0.416 e. The first-order valence-corrected chi connectivity index (χ1v) is 9.34. The lowest BCUT2D eigenvalue weighted by Crippen LogP contribution is -2.27. The number of nitrogens with zero attached hydrogens (tertiary/aromatic N) is 1. The lowest BCUT2D eigenvalue weighted by Gasteiger charge is -2.13. The number of likely N-dealkylation sites (tertiary alicyclic amines) is 1. The molecule has 1 aromatic heterocycles. The van der Waals surface area contributed by atoms with E-state index in [1.165, 1.54) is 12.3 Å². The smallest absolute Gasteiger partial charge is 0.416 e. The lowest BCUT2D eigenvalue weighted by molar-refractivity contribution is -0.143. The summed E-state index contributed by atoms with van der Waals surface area (Å²) in [5.74, 6) is -2.64. The second-order valence-corrected chi connectivity index (χ2v) is 7.10. The Bertz CT molecular complexity index is 1000. The van der Waals surface area contributed by atoms with Crippen LogP contribution in [0.2, 0.25) is 0 Å². The van der Waals surface area contributed by atoms with Gasteiger partial charge in [-0.3, -0.25) is 9.59 Å². The van der Waals surface area contributed by atoms with E-state index in [0.717, 1.165) is 12.8 Å². The van der Waals surface area contributed by atoms with Crippen LogP contribution in [0, 0.1) is 0 Å². The van der Waals surface area contributed by atoms with E-state index in [2.05, 4.69) is 9.72 Å². The van der Waals surface area contributed by atoms with Crippen molar-refractivity contribution in [3.8, 4) is 0 Å². The minimum absolute atomic E-state index is 0.0274. The molecule has 32 heavy (non-hydrogen) atoms. The molecule has 0 spiro atoms. The Balaban J connectivity index is 1.70. The van der Waals surface area contributed by atoms with Gasteiger partial charge in [-0.15, -0.1) is 0 Å². The molecule has 1 aliphatic heterocycles. The molecule has 172 valence electrons. The molecule has 1 N–H and O–H groups in total. The van der Waals surface area contributed by atoms with Gasteiger partial charge in [-0.05, 0) is 37.1 Å². The van der Waals surface area contributed by atoms with Crippen molar-refractivity contribution in [2.24, 2.45) is 0 Å². The van der Waals surface area contributed by atoms with Gasteiger partial charge in [-0.2, -0.15) is 26.3 Å². The summed E-state index contributed by atoms with van der Waals surface area (Å²) < 4.78 is 82.1. The summed E-state index contributed by atoms with van der Waals surface area (Å²) in [7, 11) is 0. The third kappa shape index (κ3) is 5.29. The van der Waals surface area contributed by atoms with Crippen LogP contribution in [0.5, 0.6) is 0 Å². The molecule has 1 saturated heterocycles. The summed E-state index contributed by atoms with van der Waals surface area (Å²) in [5, 5.41) is 0. The number of ketones is 1. The van der Waals surface area contributed by atoms with Crippen molar-refractivity contribution in [3.05, 3.63) is 58.4 Å². The Morgan fingerprint density at radius 3 is 1.97 bits per heavy atom. The highest BCUT2D eigenvalue weighted by Crippen LogP contribution is 2.36. The van der Waals surface area contributed by atoms with E-state index >= 15 is 0 Å². The van der Waals surface area contributed by atoms with Gasteiger partial charge >= 0.3 is 18.3 Å². The fraction of sp³-hybridized carbons (Fsp3) is 0.350. The monoisotopic (exact) mass is 462 g/mol. The maximum absolute atomic E-state index is 12.9. The van der Waals surface area contributed by atoms with Crippen LogP contribution >= 0.6 is 0 Å². The van der Waals surface area contributed by atoms with Gasteiger partial charge < -0.3 is 14.6 Å². The Morgan fingerprint density at radius 2 is 1.44 bits per heavy atom. The minimum Gasteiger partial charge on any atom is -0.454 e. The third-order valence-corrected chi connectivity index (χ3v) is 4.79. The van der Waals surface area contributed by atoms with E-state index in [1.54, 1.807) is 4.90 Å². The highest BCUT2D eigenvalue weighted by Gasteiger charge is 2.37. The number of rotatable bonds is 5. The van der Waals surface area contributed by atoms with Crippen molar-refractivity contribution in [2.75, 3.05) is 19.7 Å². The number of benzene rings is 1. The van der Waals surface area contributed by atoms with E-state index < -0.39 is 47.4 Å². The topological polar surface area (TPSA) is 79.5 Å². The average molecular weight is 462 g/mol. The Labute approximate surface area is 177 Å². The predicted molar refractivity (Wildman–Crippen MR) is 97.0 cm³/mol. The average Bonchev–Trinajstić information content (AvgIpc) is 3.42. The number of carbonyl (C=O) groups is 3. The molecule has 0 aliphatic carbocycles. The van der Waals surface area contributed by atoms with Gasteiger partial charge in [0.25, 0.3) is 5.91 Å². The molecular weight excluding hydrogens is 446 g/mol. The number of amides is 1. The molecule has 0 saturated carbocycles. The Kier molecular flexibility index (Phi) is 6.33. The summed E-state index contributed by atoms with van der Waals surface area (Å²) in [6.45, 7) is 0.219. The number of aromatic nitrogens is 1. The van der Waals surface area contributed by atoms with Crippen molar-refractivity contribution in [1.82, 2.24) is 9.88 Å². The number of alkyl halides is 6. The normalized spacial score (nSPS) is 14.5. The molecule has 0 bridgehead atoms. The molecule has 6 nitrogen and oxygen atoms in total. The first-order chi connectivity index (χ1) is 14.9. The number of hydrogen-bond donors (Lipinski definition) is 1. The number of nitrogens with one attached hydrogen (secondary N) is 1. The molecule has 1 fully saturated rings. The zero-order chi connectivity index (χ0) is 23.7. The lowest BCUT2D eigenvalue weighted by atomic mass is 10.0. The quantitative estimate of drug-likeness (QED) is 0.408. The van der Waals surface area contributed by atoms with Crippen LogP contribution in [0.25, 0.3) is 0 Å². The zero-order valence-electron chi connectivity index (χ0n) is 16.3. The number of H-pyrrole nitrogens is 1. The van der Waals surface area contributed by atoms with Gasteiger partial charge in [-0.1, -0.05) is 0 Å². The summed E-state index contributed by atoms with van der Waals surface area (Å²) in [5.41, 5.74) is -4.25. The number of esters is 1. The number of Topliss-reactive ketones (excluding diaryl/α,β-unsaturated/α-hetero) is 1. The first kappa shape index (κ1) is 23.4. The Morgan fingerprint density at radius 1 is 0.875 bits per heavy atom. The second-order valence-electron chi connectivity index (χ2n) is 7.10. The number of halogens is 6. The van der Waals surface area contributed by atoms with Gasteiger partial charge in [0.2, 0.25) is 5.78 Å². The highest BCUT2D eigenvalue weighted by atomic mass is 19.4. The van der Waals surface area contributed by atoms with Crippen LogP contribution in [0.3, 0.4) is 0 Å². The van der Waals surface area contributed by atoms with Gasteiger partial charge in [-0.25, -0.2) is 4.79 Å². The molecule has 0 radical (unpaired) electrons. The molecule has 0 unspecified atom stereocenters. The van der Waals surface area contributed by atoms with E-state index in [0.29, 0.717) is 13.1 Å². The van der Waals surface area contributed by atoms with E-state index in [1.807, 2.05) is 0 Å². The number of ether oxygens (including phenoxy) is 1. The van der Waals surface area contributed by atoms with E-state index in [4.69, 9.17) is 0 Å². The molecule has 1 aliphatic rings. The zero-order valence-corrected chi connectivity index (χ0v) is 16.3. The van der Waals surface area contributed by atoms with Crippen molar-refractivity contribution >= 4 is 17.7 Å². The van der Waals surface area contributed by atoms with Crippen LogP contribution in [0.15, 0.2) is 30.5 Å².